The molecule has 0 radical (unpaired) electrons. The predicted octanol–water partition coefficient (Wildman–Crippen LogP) is 2.42. The lowest BCUT2D eigenvalue weighted by molar-refractivity contribution is -0.136. The molecule has 0 aliphatic heterocycles. The third-order valence-electron chi connectivity index (χ3n) is 3.98. The van der Waals surface area contributed by atoms with Gasteiger partial charge in [0.1, 0.15) is 6.04 Å². The second kappa shape index (κ2) is 8.97. The van der Waals surface area contributed by atoms with Gasteiger partial charge < -0.3 is 10.2 Å². The number of hydrogen-bond acceptors (Lipinski definition) is 3. The van der Waals surface area contributed by atoms with Crippen LogP contribution in [0.25, 0.3) is 0 Å². The van der Waals surface area contributed by atoms with E-state index in [1.54, 1.807) is 24.3 Å². The van der Waals surface area contributed by atoms with Crippen molar-refractivity contribution in [2.45, 2.75) is 32.9 Å². The van der Waals surface area contributed by atoms with Crippen LogP contribution in [0.3, 0.4) is 0 Å². The van der Waals surface area contributed by atoms with E-state index in [-0.39, 0.29) is 24.2 Å². The van der Waals surface area contributed by atoms with Crippen molar-refractivity contribution in [2.75, 3.05) is 7.05 Å². The average Bonchev–Trinajstić information content (AvgIpc) is 2.60. The lowest BCUT2D eigenvalue weighted by atomic mass is 10.0. The summed E-state index contributed by atoms with van der Waals surface area (Å²) in [6, 6.07) is 12.7. The molecule has 0 fully saturated rings. The summed E-state index contributed by atoms with van der Waals surface area (Å²) in [6.45, 7) is 4.33. The number of pyridine rings is 1. The number of hydrogen-bond donors (Lipinski definition) is 1. The number of carbonyl (C=O) groups excluding carboxylic acids is 2. The van der Waals surface area contributed by atoms with Gasteiger partial charge in [-0.3, -0.25) is 14.6 Å². The molecule has 1 aromatic carbocycles. The number of aromatic nitrogens is 1. The number of nitrogens with one attached hydrogen (secondary N) is 1. The van der Waals surface area contributed by atoms with Crippen LogP contribution in [0.2, 0.25) is 0 Å². The van der Waals surface area contributed by atoms with E-state index >= 15 is 0 Å². The Hall–Kier alpha value is -2.69. The normalized spacial score (nSPS) is 11.8. The molecule has 5 heteroatoms. The predicted molar refractivity (Wildman–Crippen MR) is 97.6 cm³/mol. The Morgan fingerprint density at radius 3 is 2.36 bits per heavy atom. The summed E-state index contributed by atoms with van der Waals surface area (Å²) in [5.74, 6) is -0.239. The number of likely N-dealkylation sites (N-methyl/N-ethyl adjacent to an activating group) is 1. The third-order valence-corrected chi connectivity index (χ3v) is 3.98. The van der Waals surface area contributed by atoms with E-state index in [0.717, 1.165) is 11.1 Å². The Labute approximate surface area is 149 Å². The van der Waals surface area contributed by atoms with Crippen LogP contribution in [0.15, 0.2) is 54.9 Å². The van der Waals surface area contributed by atoms with Crippen molar-refractivity contribution in [2.24, 2.45) is 5.92 Å². The van der Waals surface area contributed by atoms with Crippen LogP contribution in [0.4, 0.5) is 0 Å². The number of carbonyl (C=O) groups is 2. The monoisotopic (exact) mass is 339 g/mol. The first-order valence-corrected chi connectivity index (χ1v) is 8.44. The van der Waals surface area contributed by atoms with Gasteiger partial charge in [0.15, 0.2) is 0 Å². The highest BCUT2D eigenvalue weighted by atomic mass is 16.2. The van der Waals surface area contributed by atoms with Crippen molar-refractivity contribution in [3.63, 3.8) is 0 Å². The van der Waals surface area contributed by atoms with Gasteiger partial charge in [0.25, 0.3) is 0 Å². The van der Waals surface area contributed by atoms with Crippen molar-refractivity contribution in [1.82, 2.24) is 15.2 Å². The Kier molecular flexibility index (Phi) is 6.69. The van der Waals surface area contributed by atoms with Gasteiger partial charge in [0.2, 0.25) is 11.8 Å². The van der Waals surface area contributed by atoms with Gasteiger partial charge in [-0.1, -0.05) is 50.2 Å². The van der Waals surface area contributed by atoms with E-state index in [9.17, 15) is 9.59 Å². The zero-order valence-electron chi connectivity index (χ0n) is 15.0. The Morgan fingerprint density at radius 2 is 1.76 bits per heavy atom. The van der Waals surface area contributed by atoms with Crippen molar-refractivity contribution >= 4 is 11.8 Å². The van der Waals surface area contributed by atoms with Crippen LogP contribution in [-0.2, 0) is 22.6 Å². The molecule has 0 aliphatic rings. The van der Waals surface area contributed by atoms with Gasteiger partial charge in [-0.05, 0) is 23.1 Å². The number of rotatable bonds is 7. The largest absolute Gasteiger partial charge is 0.344 e. The smallest absolute Gasteiger partial charge is 0.245 e. The number of nitrogens with zero attached hydrogens (tertiary/aromatic N) is 2. The second-order valence-corrected chi connectivity index (χ2v) is 6.51. The van der Waals surface area contributed by atoms with Crippen molar-refractivity contribution in [3.05, 3.63) is 66.0 Å². The van der Waals surface area contributed by atoms with Crippen LogP contribution < -0.4 is 5.32 Å². The summed E-state index contributed by atoms with van der Waals surface area (Å²) in [5.41, 5.74) is 1.88. The summed E-state index contributed by atoms with van der Waals surface area (Å²) < 4.78 is 0. The van der Waals surface area contributed by atoms with E-state index in [1.165, 1.54) is 0 Å². The summed E-state index contributed by atoms with van der Waals surface area (Å²) in [5, 5.41) is 2.89. The first kappa shape index (κ1) is 18.6. The molecule has 1 unspecified atom stereocenters. The van der Waals surface area contributed by atoms with Gasteiger partial charge in [0.05, 0.1) is 6.42 Å². The van der Waals surface area contributed by atoms with E-state index < -0.39 is 6.04 Å². The molecular weight excluding hydrogens is 314 g/mol. The SMILES string of the molecule is CC(C)C(NC(=O)Cc1ccccc1)C(=O)N(C)Cc1cccnc1. The van der Waals surface area contributed by atoms with Gasteiger partial charge in [0, 0.05) is 26.0 Å². The van der Waals surface area contributed by atoms with E-state index in [1.807, 2.05) is 56.3 Å². The van der Waals surface area contributed by atoms with Gasteiger partial charge in [-0.25, -0.2) is 0 Å². The van der Waals surface area contributed by atoms with Gasteiger partial charge >= 0.3 is 0 Å². The Morgan fingerprint density at radius 1 is 1.08 bits per heavy atom. The molecule has 2 amide bonds. The highest BCUT2D eigenvalue weighted by Crippen LogP contribution is 2.09. The molecule has 1 atom stereocenters. The fourth-order valence-corrected chi connectivity index (χ4v) is 2.60. The summed E-state index contributed by atoms with van der Waals surface area (Å²) in [4.78, 5) is 30.8. The van der Waals surface area contributed by atoms with Crippen molar-refractivity contribution < 1.29 is 9.59 Å². The van der Waals surface area contributed by atoms with Gasteiger partial charge in [-0.2, -0.15) is 0 Å². The minimum atomic E-state index is -0.544. The van der Waals surface area contributed by atoms with Gasteiger partial charge in [-0.15, -0.1) is 0 Å². The Bertz CT molecular complexity index is 687. The van der Waals surface area contributed by atoms with Crippen LogP contribution in [0.5, 0.6) is 0 Å². The summed E-state index contributed by atoms with van der Waals surface area (Å²) in [7, 11) is 1.74. The molecule has 5 nitrogen and oxygen atoms in total. The molecule has 2 aromatic rings. The quantitative estimate of drug-likeness (QED) is 0.843. The first-order valence-electron chi connectivity index (χ1n) is 8.44. The topological polar surface area (TPSA) is 62.3 Å². The zero-order chi connectivity index (χ0) is 18.2. The minimum Gasteiger partial charge on any atom is -0.344 e. The molecule has 0 saturated carbocycles. The lowest BCUT2D eigenvalue weighted by Gasteiger charge is -2.27. The van der Waals surface area contributed by atoms with E-state index in [0.29, 0.717) is 6.54 Å². The first-order chi connectivity index (χ1) is 12.0. The standard InChI is InChI=1S/C20H25N3O2/c1-15(2)19(22-18(24)12-16-8-5-4-6-9-16)20(25)23(3)14-17-10-7-11-21-13-17/h4-11,13,15,19H,12,14H2,1-3H3,(H,22,24). The molecule has 2 rings (SSSR count). The highest BCUT2D eigenvalue weighted by Gasteiger charge is 2.27. The fraction of sp³-hybridized carbons (Fsp3) is 0.350. The molecule has 1 aromatic heterocycles. The summed E-state index contributed by atoms with van der Waals surface area (Å²) in [6.07, 6.45) is 3.71. The maximum Gasteiger partial charge on any atom is 0.245 e. The van der Waals surface area contributed by atoms with E-state index in [4.69, 9.17) is 0 Å². The molecule has 25 heavy (non-hydrogen) atoms. The third kappa shape index (κ3) is 5.71. The zero-order valence-corrected chi connectivity index (χ0v) is 15.0. The lowest BCUT2D eigenvalue weighted by Crippen LogP contribution is -2.50. The van der Waals surface area contributed by atoms with Crippen molar-refractivity contribution in [3.8, 4) is 0 Å². The highest BCUT2D eigenvalue weighted by molar-refractivity contribution is 5.88. The number of benzene rings is 1. The molecule has 1 heterocycles. The second-order valence-electron chi connectivity index (χ2n) is 6.51. The average molecular weight is 339 g/mol. The molecular formula is C20H25N3O2. The number of amides is 2. The van der Waals surface area contributed by atoms with Crippen LogP contribution in [-0.4, -0.2) is 34.8 Å². The molecule has 0 spiro atoms. The minimum absolute atomic E-state index is 0.00331. The summed E-state index contributed by atoms with van der Waals surface area (Å²) >= 11 is 0. The Balaban J connectivity index is 1.98. The van der Waals surface area contributed by atoms with E-state index in [2.05, 4.69) is 10.3 Å². The van der Waals surface area contributed by atoms with Crippen LogP contribution >= 0.6 is 0 Å². The maximum atomic E-state index is 12.8. The van der Waals surface area contributed by atoms with Crippen LogP contribution in [0, 0.1) is 5.92 Å². The van der Waals surface area contributed by atoms with Crippen LogP contribution in [0.1, 0.15) is 25.0 Å². The molecule has 0 saturated heterocycles. The molecule has 132 valence electrons. The molecule has 0 bridgehead atoms. The molecule has 0 aliphatic carbocycles. The molecule has 1 N–H and O–H groups in total. The van der Waals surface area contributed by atoms with Crippen molar-refractivity contribution in [1.29, 1.82) is 0 Å². The maximum absolute atomic E-state index is 12.8. The fourth-order valence-electron chi connectivity index (χ4n) is 2.60.